The van der Waals surface area contributed by atoms with E-state index in [2.05, 4.69) is 0 Å². The van der Waals surface area contributed by atoms with Crippen molar-refractivity contribution in [1.29, 1.82) is 0 Å². The van der Waals surface area contributed by atoms with Crippen molar-refractivity contribution in [2.24, 2.45) is 0 Å². The largest absolute Gasteiger partial charge is 0.457 e. The van der Waals surface area contributed by atoms with E-state index in [4.69, 9.17) is 4.42 Å². The molecule has 0 saturated carbocycles. The van der Waals surface area contributed by atoms with Crippen LogP contribution >= 0.6 is 0 Å². The van der Waals surface area contributed by atoms with Crippen molar-refractivity contribution in [2.75, 3.05) is 0 Å². The summed E-state index contributed by atoms with van der Waals surface area (Å²) in [5.41, 5.74) is -2.82. The van der Waals surface area contributed by atoms with E-state index >= 15 is 0 Å². The number of halogens is 6. The molecule has 0 fully saturated rings. The van der Waals surface area contributed by atoms with Crippen molar-refractivity contribution in [2.45, 2.75) is 12.4 Å². The predicted octanol–water partition coefficient (Wildman–Crippen LogP) is 6.88. The minimum Gasteiger partial charge on any atom is -0.457 e. The Morgan fingerprint density at radius 1 is 0.793 bits per heavy atom. The van der Waals surface area contributed by atoms with E-state index < -0.39 is 23.5 Å². The van der Waals surface area contributed by atoms with E-state index in [-0.39, 0.29) is 28.9 Å². The van der Waals surface area contributed by atoms with Crippen LogP contribution in [0.2, 0.25) is 0 Å². The lowest BCUT2D eigenvalue weighted by Gasteiger charge is -2.13. The molecule has 0 aliphatic carbocycles. The molecular weight excluding hydrogens is 398 g/mol. The molecule has 1 heterocycles. The molecular formula is C21H12F6O2. The van der Waals surface area contributed by atoms with Crippen LogP contribution in [-0.4, -0.2) is 5.78 Å². The molecule has 0 spiro atoms. The molecule has 0 radical (unpaired) electrons. The van der Waals surface area contributed by atoms with Gasteiger partial charge in [-0.3, -0.25) is 4.79 Å². The Kier molecular flexibility index (Phi) is 5.37. The molecule has 0 aliphatic rings. The maximum Gasteiger partial charge on any atom is 0.416 e. The van der Waals surface area contributed by atoms with Gasteiger partial charge in [0.15, 0.2) is 5.78 Å². The van der Waals surface area contributed by atoms with Crippen LogP contribution in [0.4, 0.5) is 26.3 Å². The Morgan fingerprint density at radius 3 is 1.93 bits per heavy atom. The fourth-order valence-electron chi connectivity index (χ4n) is 2.55. The average Bonchev–Trinajstić information content (AvgIpc) is 3.14. The zero-order valence-electron chi connectivity index (χ0n) is 14.5. The minimum absolute atomic E-state index is 0.0474. The summed E-state index contributed by atoms with van der Waals surface area (Å²) >= 11 is 0. The van der Waals surface area contributed by atoms with Crippen molar-refractivity contribution in [1.82, 2.24) is 0 Å². The van der Waals surface area contributed by atoms with Gasteiger partial charge in [0, 0.05) is 11.1 Å². The summed E-state index contributed by atoms with van der Waals surface area (Å²) < 4.78 is 83.2. The number of furan rings is 1. The molecule has 2 aromatic carbocycles. The lowest BCUT2D eigenvalue weighted by atomic mass is 10.0. The smallest absolute Gasteiger partial charge is 0.416 e. The number of allylic oxidation sites excluding steroid dienone is 1. The minimum atomic E-state index is -4.95. The second-order valence-corrected chi connectivity index (χ2v) is 6.06. The highest BCUT2D eigenvalue weighted by Crippen LogP contribution is 2.39. The number of ketones is 1. The Morgan fingerprint density at radius 2 is 1.38 bits per heavy atom. The van der Waals surface area contributed by atoms with E-state index in [1.807, 2.05) is 0 Å². The second kappa shape index (κ2) is 7.62. The van der Waals surface area contributed by atoms with Gasteiger partial charge in [-0.15, -0.1) is 0 Å². The number of benzene rings is 2. The molecule has 0 atom stereocenters. The zero-order chi connectivity index (χ0) is 21.2. The summed E-state index contributed by atoms with van der Waals surface area (Å²) in [4.78, 5) is 12.0. The lowest BCUT2D eigenvalue weighted by molar-refractivity contribution is -0.143. The van der Waals surface area contributed by atoms with E-state index in [9.17, 15) is 31.1 Å². The first-order valence-corrected chi connectivity index (χ1v) is 8.21. The van der Waals surface area contributed by atoms with Gasteiger partial charge in [0.25, 0.3) is 0 Å². The molecule has 0 bridgehead atoms. The zero-order valence-corrected chi connectivity index (χ0v) is 14.5. The lowest BCUT2D eigenvalue weighted by Crippen LogP contribution is -2.11. The molecule has 0 saturated heterocycles. The maximum absolute atomic E-state index is 13.0. The Bertz CT molecular complexity index is 1010. The summed E-state index contributed by atoms with van der Waals surface area (Å²) in [6.45, 7) is 0. The van der Waals surface area contributed by atoms with Crippen LogP contribution in [0.5, 0.6) is 0 Å². The Hall–Kier alpha value is -3.29. The van der Waals surface area contributed by atoms with Crippen molar-refractivity contribution < 1.29 is 35.6 Å². The molecule has 3 rings (SSSR count). The predicted molar refractivity (Wildman–Crippen MR) is 94.0 cm³/mol. The van der Waals surface area contributed by atoms with Gasteiger partial charge in [-0.25, -0.2) is 0 Å². The fourth-order valence-corrected chi connectivity index (χ4v) is 2.55. The normalized spacial score (nSPS) is 12.5. The van der Waals surface area contributed by atoms with Crippen LogP contribution in [0.15, 0.2) is 71.2 Å². The van der Waals surface area contributed by atoms with Gasteiger partial charge in [-0.05, 0) is 42.5 Å². The molecule has 150 valence electrons. The van der Waals surface area contributed by atoms with Crippen LogP contribution in [-0.2, 0) is 12.4 Å². The summed E-state index contributed by atoms with van der Waals surface area (Å²) in [7, 11) is 0. The van der Waals surface area contributed by atoms with Gasteiger partial charge in [0.2, 0.25) is 0 Å². The topological polar surface area (TPSA) is 30.2 Å². The highest BCUT2D eigenvalue weighted by molar-refractivity contribution is 6.06. The number of alkyl halides is 6. The number of carbonyl (C=O) groups excluding carboxylic acids is 1. The number of hydrogen-bond acceptors (Lipinski definition) is 2. The third-order valence-electron chi connectivity index (χ3n) is 3.96. The van der Waals surface area contributed by atoms with Crippen molar-refractivity contribution >= 4 is 11.9 Å². The van der Waals surface area contributed by atoms with Crippen LogP contribution in [0.1, 0.15) is 27.2 Å². The second-order valence-electron chi connectivity index (χ2n) is 6.06. The van der Waals surface area contributed by atoms with Crippen molar-refractivity contribution in [3.63, 3.8) is 0 Å². The first-order chi connectivity index (χ1) is 13.5. The molecule has 0 unspecified atom stereocenters. The highest BCUT2D eigenvalue weighted by Gasteiger charge is 2.37. The van der Waals surface area contributed by atoms with Gasteiger partial charge in [0.05, 0.1) is 11.1 Å². The molecule has 8 heteroatoms. The van der Waals surface area contributed by atoms with E-state index in [0.29, 0.717) is 17.7 Å². The number of hydrogen-bond donors (Lipinski definition) is 0. The monoisotopic (exact) mass is 410 g/mol. The van der Waals surface area contributed by atoms with Crippen LogP contribution in [0.3, 0.4) is 0 Å². The van der Waals surface area contributed by atoms with Gasteiger partial charge in [-0.1, -0.05) is 30.3 Å². The third kappa shape index (κ3) is 4.96. The maximum atomic E-state index is 13.0. The van der Waals surface area contributed by atoms with Crippen molar-refractivity contribution in [3.8, 4) is 11.3 Å². The average molecular weight is 410 g/mol. The quantitative estimate of drug-likeness (QED) is 0.267. The molecule has 1 aromatic heterocycles. The molecule has 0 aliphatic heterocycles. The highest BCUT2D eigenvalue weighted by atomic mass is 19.4. The number of carbonyl (C=O) groups is 1. The summed E-state index contributed by atoms with van der Waals surface area (Å²) in [6, 6.07) is 12.1. The molecule has 0 amide bonds. The SMILES string of the molecule is O=C(/C=C/c1ccc(-c2cc(C(F)(F)F)cc(C(F)(F)F)c2)o1)c1ccccc1. The fraction of sp³-hybridized carbons (Fsp3) is 0.0952. The van der Waals surface area contributed by atoms with Gasteiger partial charge >= 0.3 is 12.4 Å². The summed E-state index contributed by atoms with van der Waals surface area (Å²) in [6.07, 6.45) is -7.41. The van der Waals surface area contributed by atoms with E-state index in [1.54, 1.807) is 30.3 Å². The molecule has 3 aromatic rings. The summed E-state index contributed by atoms with van der Waals surface area (Å²) in [5.74, 6) is -0.411. The summed E-state index contributed by atoms with van der Waals surface area (Å²) in [5, 5.41) is 0. The molecule has 0 N–H and O–H groups in total. The third-order valence-corrected chi connectivity index (χ3v) is 3.96. The first kappa shape index (κ1) is 20.4. The Balaban J connectivity index is 1.92. The van der Waals surface area contributed by atoms with Gasteiger partial charge in [-0.2, -0.15) is 26.3 Å². The Labute approximate surface area is 161 Å². The van der Waals surface area contributed by atoms with Crippen LogP contribution in [0, 0.1) is 0 Å². The van der Waals surface area contributed by atoms with Crippen LogP contribution in [0.25, 0.3) is 17.4 Å². The van der Waals surface area contributed by atoms with Gasteiger partial charge < -0.3 is 4.42 Å². The number of rotatable bonds is 4. The van der Waals surface area contributed by atoms with Crippen molar-refractivity contribution in [3.05, 3.63) is 89.2 Å². The van der Waals surface area contributed by atoms with E-state index in [1.165, 1.54) is 24.3 Å². The molecule has 29 heavy (non-hydrogen) atoms. The standard InChI is InChI=1S/C21H12F6O2/c22-20(23,24)15-10-14(11-16(12-15)21(25,26)27)19-9-7-17(29-19)6-8-18(28)13-4-2-1-3-5-13/h1-12H/b8-6+. The van der Waals surface area contributed by atoms with Crippen LogP contribution < -0.4 is 0 Å². The molecule has 2 nitrogen and oxygen atoms in total. The first-order valence-electron chi connectivity index (χ1n) is 8.21. The van der Waals surface area contributed by atoms with Gasteiger partial charge in [0.1, 0.15) is 11.5 Å². The van der Waals surface area contributed by atoms with E-state index in [0.717, 1.165) is 0 Å².